The van der Waals surface area contributed by atoms with E-state index in [2.05, 4.69) is 11.4 Å². The lowest BCUT2D eigenvalue weighted by Gasteiger charge is -2.11. The van der Waals surface area contributed by atoms with Gasteiger partial charge in [-0.3, -0.25) is 4.57 Å². The van der Waals surface area contributed by atoms with Gasteiger partial charge in [-0.1, -0.05) is 18.9 Å². The van der Waals surface area contributed by atoms with Crippen LogP contribution in [-0.2, 0) is 13.5 Å². The molecule has 1 N–H and O–H groups in total. The van der Waals surface area contributed by atoms with Crippen molar-refractivity contribution < 1.29 is 4.42 Å². The molecule has 4 nitrogen and oxygen atoms in total. The first-order chi connectivity index (χ1) is 9.24. The summed E-state index contributed by atoms with van der Waals surface area (Å²) in [5.74, 6) is -0.295. The van der Waals surface area contributed by atoms with Crippen molar-refractivity contribution >= 4 is 11.1 Å². The minimum Gasteiger partial charge on any atom is -0.408 e. The summed E-state index contributed by atoms with van der Waals surface area (Å²) in [4.78, 5) is 11.4. The van der Waals surface area contributed by atoms with E-state index in [1.54, 1.807) is 11.6 Å². The summed E-state index contributed by atoms with van der Waals surface area (Å²) in [5, 5.41) is 3.61. The summed E-state index contributed by atoms with van der Waals surface area (Å²) in [5.41, 5.74) is 2.79. The van der Waals surface area contributed by atoms with E-state index in [0.717, 1.165) is 18.5 Å². The lowest BCUT2D eigenvalue weighted by molar-refractivity contribution is 0.527. The zero-order chi connectivity index (χ0) is 13.2. The van der Waals surface area contributed by atoms with Crippen LogP contribution in [0.1, 0.15) is 31.2 Å². The van der Waals surface area contributed by atoms with Crippen molar-refractivity contribution in [3.8, 4) is 0 Å². The van der Waals surface area contributed by atoms with Crippen LogP contribution in [-0.4, -0.2) is 17.2 Å². The van der Waals surface area contributed by atoms with E-state index in [1.807, 2.05) is 12.1 Å². The van der Waals surface area contributed by atoms with Crippen LogP contribution >= 0.6 is 0 Å². The molecular weight excluding hydrogens is 240 g/mol. The molecule has 0 unspecified atom stereocenters. The molecule has 2 aromatic rings. The second-order valence-corrected chi connectivity index (χ2v) is 5.41. The van der Waals surface area contributed by atoms with Gasteiger partial charge in [0.15, 0.2) is 5.58 Å². The molecule has 102 valence electrons. The maximum absolute atomic E-state index is 11.4. The van der Waals surface area contributed by atoms with Gasteiger partial charge in [-0.15, -0.1) is 0 Å². The van der Waals surface area contributed by atoms with E-state index in [9.17, 15) is 4.79 Å². The summed E-state index contributed by atoms with van der Waals surface area (Å²) in [6.45, 7) is 1.00. The molecule has 0 saturated heterocycles. The number of aryl methyl sites for hydroxylation is 1. The van der Waals surface area contributed by atoms with Crippen LogP contribution in [0.2, 0.25) is 0 Å². The number of aromatic nitrogens is 1. The molecule has 0 aliphatic heterocycles. The molecule has 0 bridgehead atoms. The minimum absolute atomic E-state index is 0.295. The predicted molar refractivity (Wildman–Crippen MR) is 75.4 cm³/mol. The van der Waals surface area contributed by atoms with Gasteiger partial charge in [0.2, 0.25) is 0 Å². The fourth-order valence-corrected chi connectivity index (χ4v) is 2.88. The first-order valence-corrected chi connectivity index (χ1v) is 7.06. The molecule has 3 rings (SSSR count). The van der Waals surface area contributed by atoms with E-state index >= 15 is 0 Å². The lowest BCUT2D eigenvalue weighted by Crippen LogP contribution is -2.27. The highest BCUT2D eigenvalue weighted by atomic mass is 16.4. The molecule has 0 amide bonds. The Hall–Kier alpha value is -1.55. The average molecular weight is 260 g/mol. The first-order valence-electron chi connectivity index (χ1n) is 7.06. The minimum atomic E-state index is -0.295. The van der Waals surface area contributed by atoms with Crippen LogP contribution in [0, 0.1) is 0 Å². The van der Waals surface area contributed by atoms with Gasteiger partial charge in [0.05, 0.1) is 5.52 Å². The molecule has 1 heterocycles. The standard InChI is InChI=1S/C15H20N2O2/c1-17-13-10-11(6-7-14(13)19-15(17)18)8-9-16-12-4-2-3-5-12/h6-7,10,12,16H,2-5,8-9H2,1H3. The van der Waals surface area contributed by atoms with Gasteiger partial charge in [0.25, 0.3) is 0 Å². The summed E-state index contributed by atoms with van der Waals surface area (Å²) in [6.07, 6.45) is 6.35. The second-order valence-electron chi connectivity index (χ2n) is 5.41. The van der Waals surface area contributed by atoms with E-state index in [4.69, 9.17) is 4.42 Å². The number of hydrogen-bond acceptors (Lipinski definition) is 3. The fourth-order valence-electron chi connectivity index (χ4n) is 2.88. The van der Waals surface area contributed by atoms with Crippen molar-refractivity contribution in [2.45, 2.75) is 38.1 Å². The summed E-state index contributed by atoms with van der Waals surface area (Å²) in [7, 11) is 1.74. The Balaban J connectivity index is 1.67. The van der Waals surface area contributed by atoms with Gasteiger partial charge in [0.1, 0.15) is 0 Å². The molecule has 1 saturated carbocycles. The van der Waals surface area contributed by atoms with Crippen molar-refractivity contribution in [1.82, 2.24) is 9.88 Å². The zero-order valence-corrected chi connectivity index (χ0v) is 11.3. The van der Waals surface area contributed by atoms with Gasteiger partial charge < -0.3 is 9.73 Å². The van der Waals surface area contributed by atoms with Crippen molar-refractivity contribution in [2.75, 3.05) is 6.54 Å². The van der Waals surface area contributed by atoms with Gasteiger partial charge in [-0.25, -0.2) is 4.79 Å². The van der Waals surface area contributed by atoms with Gasteiger partial charge in [-0.2, -0.15) is 0 Å². The van der Waals surface area contributed by atoms with Gasteiger partial charge in [0, 0.05) is 13.1 Å². The highest BCUT2D eigenvalue weighted by Gasteiger charge is 2.13. The number of benzene rings is 1. The average Bonchev–Trinajstić information content (AvgIpc) is 3.01. The Bertz CT molecular complexity index is 621. The highest BCUT2D eigenvalue weighted by Crippen LogP contribution is 2.18. The van der Waals surface area contributed by atoms with E-state index in [0.29, 0.717) is 11.6 Å². The van der Waals surface area contributed by atoms with Gasteiger partial charge >= 0.3 is 5.76 Å². The SMILES string of the molecule is Cn1c(=O)oc2ccc(CCNC3CCCC3)cc21. The summed E-state index contributed by atoms with van der Waals surface area (Å²) >= 11 is 0. The summed E-state index contributed by atoms with van der Waals surface area (Å²) in [6, 6.07) is 6.70. The van der Waals surface area contributed by atoms with Crippen LogP contribution < -0.4 is 11.1 Å². The predicted octanol–water partition coefficient (Wildman–Crippen LogP) is 2.21. The first kappa shape index (κ1) is 12.5. The Kier molecular flexibility index (Phi) is 3.42. The van der Waals surface area contributed by atoms with Crippen molar-refractivity contribution in [2.24, 2.45) is 7.05 Å². The molecule has 1 aromatic carbocycles. The molecule has 0 radical (unpaired) electrons. The Morgan fingerprint density at radius 2 is 2.16 bits per heavy atom. The number of nitrogens with one attached hydrogen (secondary N) is 1. The molecule has 1 aliphatic carbocycles. The highest BCUT2D eigenvalue weighted by molar-refractivity contribution is 5.73. The van der Waals surface area contributed by atoms with Crippen LogP contribution in [0.4, 0.5) is 0 Å². The number of fused-ring (bicyclic) bond motifs is 1. The molecular formula is C15H20N2O2. The third kappa shape index (κ3) is 2.59. The topological polar surface area (TPSA) is 47.2 Å². The Labute approximate surface area is 112 Å². The number of oxazole rings is 1. The number of hydrogen-bond donors (Lipinski definition) is 1. The van der Waals surface area contributed by atoms with Crippen LogP contribution in [0.25, 0.3) is 11.1 Å². The maximum atomic E-state index is 11.4. The quantitative estimate of drug-likeness (QED) is 0.916. The second kappa shape index (κ2) is 5.21. The largest absolute Gasteiger partial charge is 0.419 e. The third-order valence-corrected chi connectivity index (χ3v) is 4.06. The fraction of sp³-hybridized carbons (Fsp3) is 0.533. The normalized spacial score (nSPS) is 16.5. The van der Waals surface area contributed by atoms with E-state index in [1.165, 1.54) is 31.2 Å². The molecule has 0 spiro atoms. The zero-order valence-electron chi connectivity index (χ0n) is 11.3. The van der Waals surface area contributed by atoms with Crippen LogP contribution in [0.15, 0.2) is 27.4 Å². The smallest absolute Gasteiger partial charge is 0.408 e. The van der Waals surface area contributed by atoms with Crippen molar-refractivity contribution in [3.63, 3.8) is 0 Å². The molecule has 0 atom stereocenters. The van der Waals surface area contributed by atoms with E-state index in [-0.39, 0.29) is 5.76 Å². The van der Waals surface area contributed by atoms with Crippen LogP contribution in [0.5, 0.6) is 0 Å². The Morgan fingerprint density at radius 1 is 1.37 bits per heavy atom. The molecule has 4 heteroatoms. The number of nitrogens with zero attached hydrogens (tertiary/aromatic N) is 1. The molecule has 1 aromatic heterocycles. The third-order valence-electron chi connectivity index (χ3n) is 4.06. The number of rotatable bonds is 4. The Morgan fingerprint density at radius 3 is 2.95 bits per heavy atom. The van der Waals surface area contributed by atoms with Crippen LogP contribution in [0.3, 0.4) is 0 Å². The molecule has 1 fully saturated rings. The molecule has 1 aliphatic rings. The lowest BCUT2D eigenvalue weighted by atomic mass is 10.1. The van der Waals surface area contributed by atoms with Crippen molar-refractivity contribution in [1.29, 1.82) is 0 Å². The van der Waals surface area contributed by atoms with Gasteiger partial charge in [-0.05, 0) is 43.5 Å². The monoisotopic (exact) mass is 260 g/mol. The van der Waals surface area contributed by atoms with Crippen molar-refractivity contribution in [3.05, 3.63) is 34.3 Å². The summed E-state index contributed by atoms with van der Waals surface area (Å²) < 4.78 is 6.69. The molecule has 19 heavy (non-hydrogen) atoms. The van der Waals surface area contributed by atoms with E-state index < -0.39 is 0 Å². The maximum Gasteiger partial charge on any atom is 0.419 e.